The van der Waals surface area contributed by atoms with E-state index in [9.17, 15) is 0 Å². The maximum Gasteiger partial charge on any atom is 0.124 e. The quantitative estimate of drug-likeness (QED) is 0.770. The number of benzene rings is 2. The van der Waals surface area contributed by atoms with E-state index in [0.29, 0.717) is 6.04 Å². The fourth-order valence-electron chi connectivity index (χ4n) is 2.43. The van der Waals surface area contributed by atoms with E-state index in [1.807, 2.05) is 12.1 Å². The summed E-state index contributed by atoms with van der Waals surface area (Å²) in [6.45, 7) is 7.22. The summed E-state index contributed by atoms with van der Waals surface area (Å²) in [4.78, 5) is 0. The van der Waals surface area contributed by atoms with E-state index >= 15 is 0 Å². The van der Waals surface area contributed by atoms with Crippen molar-refractivity contribution < 1.29 is 4.74 Å². The minimum atomic E-state index is 0.205. The van der Waals surface area contributed by atoms with Gasteiger partial charge in [0.1, 0.15) is 5.75 Å². The molecule has 1 atom stereocenters. The van der Waals surface area contributed by atoms with Gasteiger partial charge >= 0.3 is 0 Å². The lowest BCUT2D eigenvalue weighted by Crippen LogP contribution is -2.26. The van der Waals surface area contributed by atoms with Crippen LogP contribution < -0.4 is 10.1 Å². The summed E-state index contributed by atoms with van der Waals surface area (Å²) in [5.41, 5.74) is 2.63. The second-order valence-electron chi connectivity index (χ2n) is 6.08. The molecule has 0 aromatic heterocycles. The molecular formula is C20H27NO. The summed E-state index contributed by atoms with van der Waals surface area (Å²) >= 11 is 0. The SMILES string of the molecule is CC(C)Oc1ccccc1CN[C@@H](C)CCc1ccccc1. The normalized spacial score (nSPS) is 12.4. The van der Waals surface area contributed by atoms with Gasteiger partial charge in [0.2, 0.25) is 0 Å². The van der Waals surface area contributed by atoms with Gasteiger partial charge in [-0.1, -0.05) is 48.5 Å². The second kappa shape index (κ2) is 8.60. The first-order chi connectivity index (χ1) is 10.6. The summed E-state index contributed by atoms with van der Waals surface area (Å²) in [7, 11) is 0. The van der Waals surface area contributed by atoms with Crippen LogP contribution in [0.1, 0.15) is 38.3 Å². The molecule has 0 saturated heterocycles. The maximum absolute atomic E-state index is 5.87. The number of ether oxygens (including phenoxy) is 1. The Bertz CT molecular complexity index is 551. The molecule has 2 heteroatoms. The minimum Gasteiger partial charge on any atom is -0.491 e. The highest BCUT2D eigenvalue weighted by atomic mass is 16.5. The highest BCUT2D eigenvalue weighted by Gasteiger charge is 2.07. The van der Waals surface area contributed by atoms with Gasteiger partial charge in [-0.15, -0.1) is 0 Å². The molecule has 2 aromatic rings. The van der Waals surface area contributed by atoms with Crippen molar-refractivity contribution in [3.8, 4) is 5.75 Å². The molecule has 0 heterocycles. The topological polar surface area (TPSA) is 21.3 Å². The van der Waals surface area contributed by atoms with E-state index in [0.717, 1.165) is 25.1 Å². The third-order valence-corrected chi connectivity index (χ3v) is 3.69. The summed E-state index contributed by atoms with van der Waals surface area (Å²) in [5, 5.41) is 3.60. The molecule has 1 N–H and O–H groups in total. The van der Waals surface area contributed by atoms with Crippen molar-refractivity contribution >= 4 is 0 Å². The van der Waals surface area contributed by atoms with Crippen LogP contribution in [0.4, 0.5) is 0 Å². The Morgan fingerprint density at radius 1 is 0.909 bits per heavy atom. The van der Waals surface area contributed by atoms with Crippen molar-refractivity contribution in [2.45, 2.75) is 52.3 Å². The Kier molecular flexibility index (Phi) is 6.47. The first-order valence-electron chi connectivity index (χ1n) is 8.17. The van der Waals surface area contributed by atoms with Gasteiger partial charge in [0.25, 0.3) is 0 Å². The van der Waals surface area contributed by atoms with Gasteiger partial charge in [-0.25, -0.2) is 0 Å². The van der Waals surface area contributed by atoms with Gasteiger partial charge in [-0.3, -0.25) is 0 Å². The lowest BCUT2D eigenvalue weighted by atomic mass is 10.1. The molecule has 2 rings (SSSR count). The van der Waals surface area contributed by atoms with Crippen LogP contribution in [0.3, 0.4) is 0 Å². The van der Waals surface area contributed by atoms with E-state index in [1.54, 1.807) is 0 Å². The zero-order valence-electron chi connectivity index (χ0n) is 13.9. The fraction of sp³-hybridized carbons (Fsp3) is 0.400. The zero-order chi connectivity index (χ0) is 15.8. The van der Waals surface area contributed by atoms with E-state index in [4.69, 9.17) is 4.74 Å². The number of aryl methyl sites for hydroxylation is 1. The van der Waals surface area contributed by atoms with Gasteiger partial charge in [-0.05, 0) is 45.2 Å². The Balaban J connectivity index is 1.82. The van der Waals surface area contributed by atoms with Crippen molar-refractivity contribution in [1.29, 1.82) is 0 Å². The van der Waals surface area contributed by atoms with E-state index < -0.39 is 0 Å². The third-order valence-electron chi connectivity index (χ3n) is 3.69. The van der Waals surface area contributed by atoms with E-state index in [2.05, 4.69) is 68.6 Å². The monoisotopic (exact) mass is 297 g/mol. The molecular weight excluding hydrogens is 270 g/mol. The first-order valence-corrected chi connectivity index (χ1v) is 8.17. The van der Waals surface area contributed by atoms with Crippen LogP contribution in [0.25, 0.3) is 0 Å². The third kappa shape index (κ3) is 5.53. The molecule has 0 aliphatic rings. The van der Waals surface area contributed by atoms with Crippen molar-refractivity contribution in [2.24, 2.45) is 0 Å². The molecule has 0 bridgehead atoms. The largest absolute Gasteiger partial charge is 0.491 e. The van der Waals surface area contributed by atoms with Crippen LogP contribution in [-0.4, -0.2) is 12.1 Å². The standard InChI is InChI=1S/C20H27NO/c1-16(2)22-20-12-8-7-11-19(20)15-21-17(3)13-14-18-9-5-4-6-10-18/h4-12,16-17,21H,13-15H2,1-3H3/t17-/m0/s1. The van der Waals surface area contributed by atoms with Gasteiger partial charge in [-0.2, -0.15) is 0 Å². The van der Waals surface area contributed by atoms with Crippen LogP contribution in [0.5, 0.6) is 5.75 Å². The molecule has 2 aromatic carbocycles. The van der Waals surface area contributed by atoms with Crippen LogP contribution in [-0.2, 0) is 13.0 Å². The van der Waals surface area contributed by atoms with Gasteiger partial charge in [0.15, 0.2) is 0 Å². The number of nitrogens with one attached hydrogen (secondary N) is 1. The smallest absolute Gasteiger partial charge is 0.124 e. The molecule has 0 unspecified atom stereocenters. The molecule has 0 aliphatic heterocycles. The molecule has 0 spiro atoms. The predicted octanol–water partition coefficient (Wildman–Crippen LogP) is 4.58. The highest BCUT2D eigenvalue weighted by molar-refractivity contribution is 5.33. The zero-order valence-corrected chi connectivity index (χ0v) is 13.9. The van der Waals surface area contributed by atoms with E-state index in [1.165, 1.54) is 11.1 Å². The molecule has 0 amide bonds. The number of para-hydroxylation sites is 1. The van der Waals surface area contributed by atoms with Gasteiger partial charge < -0.3 is 10.1 Å². The number of hydrogen-bond acceptors (Lipinski definition) is 2. The summed E-state index contributed by atoms with van der Waals surface area (Å²) < 4.78 is 5.87. The second-order valence-corrected chi connectivity index (χ2v) is 6.08. The van der Waals surface area contributed by atoms with Gasteiger partial charge in [0, 0.05) is 18.2 Å². The molecule has 2 nitrogen and oxygen atoms in total. The van der Waals surface area contributed by atoms with Crippen molar-refractivity contribution in [3.05, 3.63) is 65.7 Å². The number of hydrogen-bond donors (Lipinski definition) is 1. The summed E-state index contributed by atoms with van der Waals surface area (Å²) in [6, 6.07) is 19.4. The Morgan fingerprint density at radius 2 is 1.59 bits per heavy atom. The molecule has 22 heavy (non-hydrogen) atoms. The minimum absolute atomic E-state index is 0.205. The average Bonchev–Trinajstić information content (AvgIpc) is 2.52. The number of rotatable bonds is 8. The lowest BCUT2D eigenvalue weighted by Gasteiger charge is -2.17. The van der Waals surface area contributed by atoms with Crippen molar-refractivity contribution in [2.75, 3.05) is 0 Å². The lowest BCUT2D eigenvalue weighted by molar-refractivity contribution is 0.239. The first kappa shape index (κ1) is 16.6. The van der Waals surface area contributed by atoms with Gasteiger partial charge in [0.05, 0.1) is 6.10 Å². The molecule has 118 valence electrons. The van der Waals surface area contributed by atoms with Crippen LogP contribution in [0.15, 0.2) is 54.6 Å². The Labute approximate surface area is 134 Å². The molecule has 0 fully saturated rings. The average molecular weight is 297 g/mol. The summed E-state index contributed by atoms with van der Waals surface area (Å²) in [5.74, 6) is 0.986. The summed E-state index contributed by atoms with van der Waals surface area (Å²) in [6.07, 6.45) is 2.45. The van der Waals surface area contributed by atoms with Crippen molar-refractivity contribution in [3.63, 3.8) is 0 Å². The Hall–Kier alpha value is -1.80. The van der Waals surface area contributed by atoms with E-state index in [-0.39, 0.29) is 6.10 Å². The Morgan fingerprint density at radius 3 is 2.32 bits per heavy atom. The molecule has 0 radical (unpaired) electrons. The van der Waals surface area contributed by atoms with Crippen LogP contribution >= 0.6 is 0 Å². The predicted molar refractivity (Wildman–Crippen MR) is 93.3 cm³/mol. The molecule has 0 aliphatic carbocycles. The highest BCUT2D eigenvalue weighted by Crippen LogP contribution is 2.19. The van der Waals surface area contributed by atoms with Crippen molar-refractivity contribution in [1.82, 2.24) is 5.32 Å². The van der Waals surface area contributed by atoms with Crippen LogP contribution in [0.2, 0.25) is 0 Å². The molecule has 0 saturated carbocycles. The maximum atomic E-state index is 5.87. The van der Waals surface area contributed by atoms with Crippen LogP contribution in [0, 0.1) is 0 Å². The fourth-order valence-corrected chi connectivity index (χ4v) is 2.43.